The van der Waals surface area contributed by atoms with E-state index in [9.17, 15) is 0 Å². The first-order valence-corrected chi connectivity index (χ1v) is 12.1. The van der Waals surface area contributed by atoms with Crippen LogP contribution in [0, 0.1) is 5.82 Å². The highest BCUT2D eigenvalue weighted by molar-refractivity contribution is 5.77. The SMILES string of the molecule is C\C=C/C(=C\C(C)=C\CC)c1ncc(CNc2ncnc(N3CCn4nccc4C3)c2F)cc1OC. The van der Waals surface area contributed by atoms with Gasteiger partial charge in [0.1, 0.15) is 17.8 Å². The van der Waals surface area contributed by atoms with Crippen molar-refractivity contribution in [3.8, 4) is 5.75 Å². The molecule has 0 spiro atoms. The van der Waals surface area contributed by atoms with Crippen molar-refractivity contribution in [2.75, 3.05) is 23.9 Å². The third-order valence-corrected chi connectivity index (χ3v) is 5.93. The molecular weight excluding hydrogens is 457 g/mol. The van der Waals surface area contributed by atoms with Crippen LogP contribution in [0.25, 0.3) is 5.57 Å². The molecule has 4 heterocycles. The number of hydrogen-bond donors (Lipinski definition) is 1. The number of aromatic nitrogens is 5. The predicted octanol–water partition coefficient (Wildman–Crippen LogP) is 5.16. The average molecular weight is 490 g/mol. The lowest BCUT2D eigenvalue weighted by Crippen LogP contribution is -2.35. The number of ether oxygens (including phenoxy) is 1. The van der Waals surface area contributed by atoms with Gasteiger partial charge in [-0.3, -0.25) is 9.67 Å². The third-order valence-electron chi connectivity index (χ3n) is 5.93. The maximum Gasteiger partial charge on any atom is 0.207 e. The minimum atomic E-state index is -0.474. The van der Waals surface area contributed by atoms with Gasteiger partial charge in [0.05, 0.1) is 25.9 Å². The number of halogens is 1. The molecule has 0 unspecified atom stereocenters. The summed E-state index contributed by atoms with van der Waals surface area (Å²) in [4.78, 5) is 14.9. The van der Waals surface area contributed by atoms with Crippen molar-refractivity contribution in [1.82, 2.24) is 24.7 Å². The second-order valence-electron chi connectivity index (χ2n) is 8.53. The number of nitrogens with one attached hydrogen (secondary N) is 1. The van der Waals surface area contributed by atoms with E-state index < -0.39 is 5.82 Å². The van der Waals surface area contributed by atoms with Gasteiger partial charge < -0.3 is 15.0 Å². The Morgan fingerprint density at radius 3 is 2.89 bits per heavy atom. The molecular formula is C27H32FN7O. The van der Waals surface area contributed by atoms with Crippen LogP contribution in [0.2, 0.25) is 0 Å². The van der Waals surface area contributed by atoms with Crippen molar-refractivity contribution in [2.24, 2.45) is 0 Å². The van der Waals surface area contributed by atoms with Crippen molar-refractivity contribution >= 4 is 17.2 Å². The normalized spacial score (nSPS) is 14.3. The molecule has 0 bridgehead atoms. The van der Waals surface area contributed by atoms with E-state index in [2.05, 4.69) is 51.4 Å². The molecule has 0 saturated heterocycles. The molecule has 0 aliphatic carbocycles. The Morgan fingerprint density at radius 1 is 1.25 bits per heavy atom. The summed E-state index contributed by atoms with van der Waals surface area (Å²) in [6.45, 7) is 8.34. The average Bonchev–Trinajstić information content (AvgIpc) is 3.36. The van der Waals surface area contributed by atoms with Crippen molar-refractivity contribution in [2.45, 2.75) is 46.8 Å². The van der Waals surface area contributed by atoms with Crippen molar-refractivity contribution in [3.63, 3.8) is 0 Å². The first-order valence-electron chi connectivity index (χ1n) is 12.1. The standard InChI is InChI=1S/C27H32FN7O/c1-5-7-19(3)13-21(8-6-2)25-23(36-4)14-20(15-29-25)16-30-26-24(28)27(32-18-31-26)34-11-12-35-22(17-34)9-10-33-35/h6-10,13-15,18H,5,11-12,16-17H2,1-4H3,(H,30,31,32)/b8-6-,19-7+,21-13+. The number of hydrogen-bond acceptors (Lipinski definition) is 7. The maximum atomic E-state index is 15.3. The largest absolute Gasteiger partial charge is 0.494 e. The van der Waals surface area contributed by atoms with Crippen molar-refractivity contribution < 1.29 is 9.13 Å². The molecule has 188 valence electrons. The van der Waals surface area contributed by atoms with Crippen LogP contribution < -0.4 is 15.0 Å². The van der Waals surface area contributed by atoms with E-state index in [1.165, 1.54) is 6.33 Å². The van der Waals surface area contributed by atoms with Crippen LogP contribution in [0.3, 0.4) is 0 Å². The molecule has 0 amide bonds. The second kappa shape index (κ2) is 11.6. The molecule has 0 atom stereocenters. The number of methoxy groups -OCH3 is 1. The Labute approximate surface area is 211 Å². The topological polar surface area (TPSA) is 81.0 Å². The molecule has 0 fully saturated rings. The van der Waals surface area contributed by atoms with E-state index >= 15 is 4.39 Å². The number of rotatable bonds is 9. The van der Waals surface area contributed by atoms with Crippen LogP contribution in [0.15, 0.2) is 60.7 Å². The maximum absolute atomic E-state index is 15.3. The Hall–Kier alpha value is -4.01. The van der Waals surface area contributed by atoms with Crippen LogP contribution in [-0.4, -0.2) is 38.4 Å². The summed E-state index contributed by atoms with van der Waals surface area (Å²) in [5, 5.41) is 7.37. The minimum Gasteiger partial charge on any atom is -0.494 e. The fourth-order valence-corrected chi connectivity index (χ4v) is 4.21. The molecule has 1 N–H and O–H groups in total. The number of nitrogens with zero attached hydrogens (tertiary/aromatic N) is 6. The first-order chi connectivity index (χ1) is 17.5. The highest BCUT2D eigenvalue weighted by Crippen LogP contribution is 2.28. The molecule has 3 aromatic rings. The molecule has 4 rings (SSSR count). The Balaban J connectivity index is 1.52. The van der Waals surface area contributed by atoms with E-state index in [0.717, 1.165) is 34.5 Å². The number of anilines is 2. The van der Waals surface area contributed by atoms with E-state index in [4.69, 9.17) is 4.74 Å². The lowest BCUT2D eigenvalue weighted by atomic mass is 10.1. The fraction of sp³-hybridized carbons (Fsp3) is 0.333. The summed E-state index contributed by atoms with van der Waals surface area (Å²) in [5.74, 6) is 0.606. The van der Waals surface area contributed by atoms with Gasteiger partial charge in [0.25, 0.3) is 0 Å². The molecule has 3 aromatic heterocycles. The molecule has 1 aliphatic heterocycles. The first kappa shape index (κ1) is 25.1. The van der Waals surface area contributed by atoms with E-state index in [0.29, 0.717) is 31.9 Å². The highest BCUT2D eigenvalue weighted by atomic mass is 19.1. The smallest absolute Gasteiger partial charge is 0.207 e. The minimum absolute atomic E-state index is 0.150. The van der Waals surface area contributed by atoms with E-state index in [1.54, 1.807) is 19.5 Å². The van der Waals surface area contributed by atoms with Gasteiger partial charge in [0, 0.05) is 31.1 Å². The Kier molecular flexibility index (Phi) is 8.10. The zero-order chi connectivity index (χ0) is 25.5. The summed E-state index contributed by atoms with van der Waals surface area (Å²) in [6.07, 6.45) is 14.1. The van der Waals surface area contributed by atoms with Crippen molar-refractivity contribution in [3.05, 3.63) is 83.5 Å². The number of pyridine rings is 1. The van der Waals surface area contributed by atoms with Crippen LogP contribution in [0.4, 0.5) is 16.0 Å². The molecule has 8 nitrogen and oxygen atoms in total. The second-order valence-corrected chi connectivity index (χ2v) is 8.53. The monoisotopic (exact) mass is 489 g/mol. The Bertz CT molecular complexity index is 1300. The van der Waals surface area contributed by atoms with E-state index in [1.807, 2.05) is 40.8 Å². The van der Waals surface area contributed by atoms with Crippen LogP contribution in [-0.2, 0) is 19.6 Å². The quantitative estimate of drug-likeness (QED) is 0.416. The molecule has 0 aromatic carbocycles. The van der Waals surface area contributed by atoms with E-state index in [-0.39, 0.29) is 11.6 Å². The van der Waals surface area contributed by atoms with Gasteiger partial charge in [0.15, 0.2) is 11.6 Å². The summed E-state index contributed by atoms with van der Waals surface area (Å²) >= 11 is 0. The molecule has 9 heteroatoms. The summed E-state index contributed by atoms with van der Waals surface area (Å²) < 4.78 is 22.9. The lowest BCUT2D eigenvalue weighted by molar-refractivity contribution is 0.411. The zero-order valence-corrected chi connectivity index (χ0v) is 21.2. The Morgan fingerprint density at radius 2 is 2.11 bits per heavy atom. The van der Waals surface area contributed by atoms with Gasteiger partial charge in [-0.05, 0) is 38.0 Å². The van der Waals surface area contributed by atoms with Crippen LogP contribution in [0.1, 0.15) is 44.1 Å². The van der Waals surface area contributed by atoms with Crippen molar-refractivity contribution in [1.29, 1.82) is 0 Å². The molecule has 1 aliphatic rings. The summed E-state index contributed by atoms with van der Waals surface area (Å²) in [7, 11) is 1.63. The molecule has 0 saturated carbocycles. The summed E-state index contributed by atoms with van der Waals surface area (Å²) in [6, 6.07) is 3.85. The third kappa shape index (κ3) is 5.62. The number of allylic oxidation sites excluding steroid dienone is 6. The molecule has 36 heavy (non-hydrogen) atoms. The number of fused-ring (bicyclic) bond motifs is 1. The summed E-state index contributed by atoms with van der Waals surface area (Å²) in [5.41, 5.74) is 4.75. The molecule has 0 radical (unpaired) electrons. The highest BCUT2D eigenvalue weighted by Gasteiger charge is 2.22. The van der Waals surface area contributed by atoms with Gasteiger partial charge >= 0.3 is 0 Å². The van der Waals surface area contributed by atoms with Crippen LogP contribution >= 0.6 is 0 Å². The van der Waals surface area contributed by atoms with Gasteiger partial charge in [-0.2, -0.15) is 9.49 Å². The lowest BCUT2D eigenvalue weighted by Gasteiger charge is -2.29. The fourth-order valence-electron chi connectivity index (χ4n) is 4.21. The predicted molar refractivity (Wildman–Crippen MR) is 140 cm³/mol. The van der Waals surface area contributed by atoms with Gasteiger partial charge in [-0.25, -0.2) is 9.97 Å². The van der Waals surface area contributed by atoms with Gasteiger partial charge in [0.2, 0.25) is 5.82 Å². The van der Waals surface area contributed by atoms with Crippen LogP contribution in [0.5, 0.6) is 5.75 Å². The van der Waals surface area contributed by atoms with Gasteiger partial charge in [-0.15, -0.1) is 0 Å². The zero-order valence-electron chi connectivity index (χ0n) is 21.2. The van der Waals surface area contributed by atoms with Gasteiger partial charge in [-0.1, -0.05) is 36.8 Å².